The van der Waals surface area contributed by atoms with Crippen LogP contribution in [0.15, 0.2) is 47.1 Å². The van der Waals surface area contributed by atoms with Crippen LogP contribution in [0.25, 0.3) is 11.4 Å². The molecule has 0 radical (unpaired) electrons. The van der Waals surface area contributed by atoms with Crippen LogP contribution in [-0.2, 0) is 11.3 Å². The van der Waals surface area contributed by atoms with Gasteiger partial charge in [0.05, 0.1) is 7.11 Å². The summed E-state index contributed by atoms with van der Waals surface area (Å²) in [5.41, 5.74) is 1.12. The first-order chi connectivity index (χ1) is 10.8. The molecular weight excluding hydrogens is 286 g/mol. The van der Waals surface area contributed by atoms with Gasteiger partial charge in [-0.3, -0.25) is 0 Å². The summed E-state index contributed by atoms with van der Waals surface area (Å²) < 4.78 is 15.3. The Morgan fingerprint density at radius 1 is 1.32 bits per heavy atom. The third-order valence-electron chi connectivity index (χ3n) is 2.94. The van der Waals surface area contributed by atoms with Crippen molar-refractivity contribution in [3.8, 4) is 17.1 Å². The van der Waals surface area contributed by atoms with Gasteiger partial charge in [0.15, 0.2) is 6.61 Å². The maximum absolute atomic E-state index is 11.7. The molecule has 0 aliphatic carbocycles. The second-order valence-electron chi connectivity index (χ2n) is 4.40. The summed E-state index contributed by atoms with van der Waals surface area (Å²) in [5.74, 6) is 0.843. The highest BCUT2D eigenvalue weighted by atomic mass is 16.6. The topological polar surface area (TPSA) is 90.2 Å². The van der Waals surface area contributed by atoms with Crippen LogP contribution in [0.5, 0.6) is 5.75 Å². The molecule has 3 aromatic rings. The summed E-state index contributed by atoms with van der Waals surface area (Å²) in [6.07, 6.45) is 1.64. The van der Waals surface area contributed by atoms with Gasteiger partial charge in [-0.05, 0) is 24.3 Å². The van der Waals surface area contributed by atoms with Crippen molar-refractivity contribution in [2.75, 3.05) is 7.11 Å². The third-order valence-corrected chi connectivity index (χ3v) is 2.94. The SMILES string of the molecule is COc1cccc(-c2noc(COC(=O)c3ccc[nH]3)n2)c1. The van der Waals surface area contributed by atoms with Gasteiger partial charge >= 0.3 is 5.97 Å². The number of aromatic amines is 1. The molecule has 0 atom stereocenters. The highest BCUT2D eigenvalue weighted by Gasteiger charge is 2.13. The van der Waals surface area contributed by atoms with Gasteiger partial charge in [0.1, 0.15) is 11.4 Å². The van der Waals surface area contributed by atoms with E-state index in [9.17, 15) is 4.79 Å². The Hall–Kier alpha value is -3.09. The first kappa shape index (κ1) is 13.9. The lowest BCUT2D eigenvalue weighted by atomic mass is 10.2. The van der Waals surface area contributed by atoms with Crippen molar-refractivity contribution >= 4 is 5.97 Å². The number of carbonyl (C=O) groups is 1. The van der Waals surface area contributed by atoms with Crippen molar-refractivity contribution in [1.82, 2.24) is 15.1 Å². The van der Waals surface area contributed by atoms with Crippen LogP contribution in [0.3, 0.4) is 0 Å². The maximum atomic E-state index is 11.7. The Labute approximate surface area is 125 Å². The smallest absolute Gasteiger partial charge is 0.355 e. The Morgan fingerprint density at radius 3 is 3.00 bits per heavy atom. The van der Waals surface area contributed by atoms with E-state index in [0.29, 0.717) is 17.3 Å². The van der Waals surface area contributed by atoms with E-state index in [1.54, 1.807) is 31.5 Å². The second kappa shape index (κ2) is 6.13. The fourth-order valence-electron chi connectivity index (χ4n) is 1.86. The predicted octanol–water partition coefficient (Wildman–Crippen LogP) is 2.43. The van der Waals surface area contributed by atoms with E-state index < -0.39 is 5.97 Å². The number of ether oxygens (including phenoxy) is 2. The fourth-order valence-corrected chi connectivity index (χ4v) is 1.86. The van der Waals surface area contributed by atoms with Crippen LogP contribution in [0.1, 0.15) is 16.4 Å². The van der Waals surface area contributed by atoms with Crippen molar-refractivity contribution in [3.05, 3.63) is 54.2 Å². The number of nitrogens with one attached hydrogen (secondary N) is 1. The summed E-state index contributed by atoms with van der Waals surface area (Å²) in [7, 11) is 1.58. The van der Waals surface area contributed by atoms with E-state index in [-0.39, 0.29) is 12.5 Å². The summed E-state index contributed by atoms with van der Waals surface area (Å²) in [6.45, 7) is -0.0885. The first-order valence-electron chi connectivity index (χ1n) is 6.54. The zero-order valence-electron chi connectivity index (χ0n) is 11.8. The Bertz CT molecular complexity index is 765. The average molecular weight is 299 g/mol. The number of hydrogen-bond donors (Lipinski definition) is 1. The lowest BCUT2D eigenvalue weighted by Gasteiger charge is -2.00. The van der Waals surface area contributed by atoms with E-state index in [0.717, 1.165) is 5.56 Å². The average Bonchev–Trinajstić information content (AvgIpc) is 3.24. The molecule has 0 aliphatic heterocycles. The molecule has 112 valence electrons. The number of esters is 1. The van der Waals surface area contributed by atoms with Gasteiger partial charge in [-0.2, -0.15) is 4.98 Å². The van der Waals surface area contributed by atoms with Crippen LogP contribution >= 0.6 is 0 Å². The van der Waals surface area contributed by atoms with Gasteiger partial charge in [-0.15, -0.1) is 0 Å². The first-order valence-corrected chi connectivity index (χ1v) is 6.54. The lowest BCUT2D eigenvalue weighted by Crippen LogP contribution is -2.05. The van der Waals surface area contributed by atoms with Crippen LogP contribution < -0.4 is 4.74 Å². The van der Waals surface area contributed by atoms with Gasteiger partial charge in [0, 0.05) is 11.8 Å². The molecule has 3 rings (SSSR count). The van der Waals surface area contributed by atoms with Crippen molar-refractivity contribution in [2.24, 2.45) is 0 Å². The zero-order valence-corrected chi connectivity index (χ0v) is 11.8. The number of methoxy groups -OCH3 is 1. The molecule has 7 heteroatoms. The second-order valence-corrected chi connectivity index (χ2v) is 4.40. The molecule has 0 aliphatic rings. The minimum Gasteiger partial charge on any atom is -0.497 e. The monoisotopic (exact) mass is 299 g/mol. The summed E-state index contributed by atoms with van der Waals surface area (Å²) in [5, 5.41) is 3.86. The number of benzene rings is 1. The molecule has 7 nitrogen and oxygen atoms in total. The highest BCUT2D eigenvalue weighted by molar-refractivity contribution is 5.87. The van der Waals surface area contributed by atoms with Crippen molar-refractivity contribution in [3.63, 3.8) is 0 Å². The van der Waals surface area contributed by atoms with E-state index in [1.807, 2.05) is 18.2 Å². The number of rotatable bonds is 5. The highest BCUT2D eigenvalue weighted by Crippen LogP contribution is 2.21. The normalized spacial score (nSPS) is 10.4. The summed E-state index contributed by atoms with van der Waals surface area (Å²) >= 11 is 0. The molecule has 0 bridgehead atoms. The Morgan fingerprint density at radius 2 is 2.23 bits per heavy atom. The summed E-state index contributed by atoms with van der Waals surface area (Å²) in [6, 6.07) is 10.6. The lowest BCUT2D eigenvalue weighted by molar-refractivity contribution is 0.0423. The van der Waals surface area contributed by atoms with Crippen molar-refractivity contribution in [2.45, 2.75) is 6.61 Å². The zero-order chi connectivity index (χ0) is 15.4. The predicted molar refractivity (Wildman–Crippen MR) is 76.2 cm³/mol. The van der Waals surface area contributed by atoms with Crippen molar-refractivity contribution < 1.29 is 18.8 Å². The number of hydrogen-bond acceptors (Lipinski definition) is 6. The molecule has 1 N–H and O–H groups in total. The minimum absolute atomic E-state index is 0.0885. The molecule has 0 saturated heterocycles. The van der Waals surface area contributed by atoms with Crippen LogP contribution in [0.2, 0.25) is 0 Å². The maximum Gasteiger partial charge on any atom is 0.355 e. The molecule has 1 aromatic carbocycles. The summed E-state index contributed by atoms with van der Waals surface area (Å²) in [4.78, 5) is 18.6. The minimum atomic E-state index is -0.480. The molecule has 2 aromatic heterocycles. The van der Waals surface area contributed by atoms with E-state index in [2.05, 4.69) is 15.1 Å². The van der Waals surface area contributed by atoms with Crippen LogP contribution in [0, 0.1) is 0 Å². The van der Waals surface area contributed by atoms with Gasteiger partial charge in [-0.25, -0.2) is 4.79 Å². The van der Waals surface area contributed by atoms with Gasteiger partial charge in [-0.1, -0.05) is 17.3 Å². The molecule has 22 heavy (non-hydrogen) atoms. The molecule has 0 spiro atoms. The van der Waals surface area contributed by atoms with Crippen LogP contribution in [-0.4, -0.2) is 28.2 Å². The van der Waals surface area contributed by atoms with Gasteiger partial charge in [0.25, 0.3) is 5.89 Å². The molecule has 0 unspecified atom stereocenters. The fraction of sp³-hybridized carbons (Fsp3) is 0.133. The molecule has 0 amide bonds. The van der Waals surface area contributed by atoms with Crippen LogP contribution in [0.4, 0.5) is 0 Å². The largest absolute Gasteiger partial charge is 0.497 e. The standard InChI is InChI=1S/C15H13N3O4/c1-20-11-5-2-4-10(8-11)14-17-13(22-18-14)9-21-15(19)12-6-3-7-16-12/h2-8,16H,9H2,1H3. The molecule has 2 heterocycles. The number of nitrogens with zero attached hydrogens (tertiary/aromatic N) is 2. The number of H-pyrrole nitrogens is 1. The van der Waals surface area contributed by atoms with Gasteiger partial charge in [0.2, 0.25) is 5.82 Å². The third kappa shape index (κ3) is 2.98. The van der Waals surface area contributed by atoms with E-state index >= 15 is 0 Å². The Balaban J connectivity index is 1.67. The Kier molecular flexibility index (Phi) is 3.86. The number of aromatic nitrogens is 3. The molecular formula is C15H13N3O4. The molecule has 0 saturated carbocycles. The van der Waals surface area contributed by atoms with Gasteiger partial charge < -0.3 is 19.0 Å². The van der Waals surface area contributed by atoms with Crippen molar-refractivity contribution in [1.29, 1.82) is 0 Å². The van der Waals surface area contributed by atoms with E-state index in [1.165, 1.54) is 0 Å². The number of carbonyl (C=O) groups excluding carboxylic acids is 1. The quantitative estimate of drug-likeness (QED) is 0.728. The molecule has 0 fully saturated rings. The van der Waals surface area contributed by atoms with E-state index in [4.69, 9.17) is 14.0 Å².